The fourth-order valence-electron chi connectivity index (χ4n) is 2.39. The summed E-state index contributed by atoms with van der Waals surface area (Å²) in [5.41, 5.74) is 2.54. The van der Waals surface area contributed by atoms with Crippen molar-refractivity contribution >= 4 is 16.8 Å². The van der Waals surface area contributed by atoms with Gasteiger partial charge in [0.25, 0.3) is 5.56 Å². The van der Waals surface area contributed by atoms with Crippen molar-refractivity contribution < 1.29 is 0 Å². The standard InChI is InChI=1S/C14H13NO/c1-9-2-4-11-10(8-9)3-5-13-12(11)6-7-15-14(13)16/h2-7,9H,8H2,1H3,(H,15,16). The van der Waals surface area contributed by atoms with Crippen molar-refractivity contribution in [3.05, 3.63) is 52.0 Å². The first kappa shape index (κ1) is 9.40. The van der Waals surface area contributed by atoms with Crippen LogP contribution in [-0.4, -0.2) is 4.98 Å². The number of rotatable bonds is 0. The number of allylic oxidation sites excluding steroid dienone is 1. The highest BCUT2D eigenvalue weighted by molar-refractivity contribution is 5.91. The van der Waals surface area contributed by atoms with E-state index in [9.17, 15) is 4.79 Å². The van der Waals surface area contributed by atoms with Crippen LogP contribution in [0.3, 0.4) is 0 Å². The summed E-state index contributed by atoms with van der Waals surface area (Å²) in [6.45, 7) is 2.21. The van der Waals surface area contributed by atoms with Crippen LogP contribution in [0.4, 0.5) is 0 Å². The predicted octanol–water partition coefficient (Wildman–Crippen LogP) is 2.73. The summed E-state index contributed by atoms with van der Waals surface area (Å²) in [5.74, 6) is 0.590. The fourth-order valence-corrected chi connectivity index (χ4v) is 2.39. The number of aromatic nitrogens is 1. The number of H-pyrrole nitrogens is 1. The van der Waals surface area contributed by atoms with Gasteiger partial charge in [0.1, 0.15) is 0 Å². The Morgan fingerprint density at radius 2 is 2.12 bits per heavy atom. The molecule has 0 saturated carbocycles. The molecule has 16 heavy (non-hydrogen) atoms. The summed E-state index contributed by atoms with van der Waals surface area (Å²) in [6, 6.07) is 5.99. The SMILES string of the molecule is CC1C=Cc2c(ccc3c(=O)[nH]ccc23)C1. The van der Waals surface area contributed by atoms with E-state index in [1.807, 2.05) is 12.1 Å². The van der Waals surface area contributed by atoms with Crippen LogP contribution in [0.15, 0.2) is 35.3 Å². The molecule has 80 valence electrons. The monoisotopic (exact) mass is 211 g/mol. The largest absolute Gasteiger partial charge is 0.329 e. The lowest BCUT2D eigenvalue weighted by Gasteiger charge is -2.17. The van der Waals surface area contributed by atoms with Crippen molar-refractivity contribution in [2.75, 3.05) is 0 Å². The first-order chi connectivity index (χ1) is 7.75. The van der Waals surface area contributed by atoms with Gasteiger partial charge >= 0.3 is 0 Å². The lowest BCUT2D eigenvalue weighted by Crippen LogP contribution is -2.08. The van der Waals surface area contributed by atoms with Gasteiger partial charge in [0, 0.05) is 11.6 Å². The molecule has 1 N–H and O–H groups in total. The maximum atomic E-state index is 11.6. The van der Waals surface area contributed by atoms with Crippen LogP contribution < -0.4 is 5.56 Å². The third-order valence-corrected chi connectivity index (χ3v) is 3.22. The number of benzene rings is 1. The molecule has 2 heteroatoms. The van der Waals surface area contributed by atoms with E-state index in [1.165, 1.54) is 11.1 Å². The maximum absolute atomic E-state index is 11.6. The van der Waals surface area contributed by atoms with E-state index < -0.39 is 0 Å². The summed E-state index contributed by atoms with van der Waals surface area (Å²) in [4.78, 5) is 14.4. The Morgan fingerprint density at radius 3 is 3.00 bits per heavy atom. The minimum Gasteiger partial charge on any atom is -0.329 e. The molecule has 1 aliphatic carbocycles. The Bertz CT molecular complexity index is 637. The minimum atomic E-state index is -0.00711. The Morgan fingerprint density at radius 1 is 1.25 bits per heavy atom. The van der Waals surface area contributed by atoms with E-state index in [0.29, 0.717) is 5.92 Å². The molecule has 2 nitrogen and oxygen atoms in total. The van der Waals surface area contributed by atoms with Gasteiger partial charge in [-0.1, -0.05) is 25.1 Å². The number of hydrogen-bond acceptors (Lipinski definition) is 1. The van der Waals surface area contributed by atoms with Crippen LogP contribution in [0, 0.1) is 5.92 Å². The van der Waals surface area contributed by atoms with Crippen molar-refractivity contribution in [1.82, 2.24) is 4.98 Å². The molecule has 1 aromatic heterocycles. The molecule has 0 amide bonds. The Labute approximate surface area is 93.6 Å². The van der Waals surface area contributed by atoms with Crippen LogP contribution in [0.5, 0.6) is 0 Å². The summed E-state index contributed by atoms with van der Waals surface area (Å²) in [6.07, 6.45) is 7.14. The van der Waals surface area contributed by atoms with E-state index in [-0.39, 0.29) is 5.56 Å². The van der Waals surface area contributed by atoms with Crippen molar-refractivity contribution in [2.45, 2.75) is 13.3 Å². The summed E-state index contributed by atoms with van der Waals surface area (Å²) >= 11 is 0. The molecule has 0 aliphatic heterocycles. The Kier molecular flexibility index (Phi) is 1.96. The molecule has 0 radical (unpaired) electrons. The lowest BCUT2D eigenvalue weighted by atomic mass is 9.88. The molecule has 0 bridgehead atoms. The first-order valence-electron chi connectivity index (χ1n) is 5.57. The third-order valence-electron chi connectivity index (χ3n) is 3.22. The lowest BCUT2D eigenvalue weighted by molar-refractivity contribution is 0.718. The molecule has 0 spiro atoms. The summed E-state index contributed by atoms with van der Waals surface area (Å²) in [7, 11) is 0. The van der Waals surface area contributed by atoms with Gasteiger partial charge in [-0.2, -0.15) is 0 Å². The zero-order valence-corrected chi connectivity index (χ0v) is 9.16. The molecule has 1 heterocycles. The number of aromatic amines is 1. The highest BCUT2D eigenvalue weighted by Gasteiger charge is 2.13. The topological polar surface area (TPSA) is 32.9 Å². The van der Waals surface area contributed by atoms with Crippen molar-refractivity contribution in [2.24, 2.45) is 5.92 Å². The van der Waals surface area contributed by atoms with Gasteiger partial charge in [-0.25, -0.2) is 0 Å². The third kappa shape index (κ3) is 1.30. The molecule has 1 aliphatic rings. The molecule has 1 unspecified atom stereocenters. The number of fused-ring (bicyclic) bond motifs is 3. The number of pyridine rings is 1. The van der Waals surface area contributed by atoms with Crippen molar-refractivity contribution in [3.63, 3.8) is 0 Å². The molecule has 3 rings (SSSR count). The van der Waals surface area contributed by atoms with Gasteiger partial charge < -0.3 is 4.98 Å². The van der Waals surface area contributed by atoms with E-state index >= 15 is 0 Å². The molecule has 1 aromatic carbocycles. The average Bonchev–Trinajstić information content (AvgIpc) is 2.28. The zero-order valence-electron chi connectivity index (χ0n) is 9.16. The second-order valence-electron chi connectivity index (χ2n) is 4.45. The average molecular weight is 211 g/mol. The molecule has 0 fully saturated rings. The van der Waals surface area contributed by atoms with Gasteiger partial charge in [-0.3, -0.25) is 4.79 Å². The Hall–Kier alpha value is -1.83. The van der Waals surface area contributed by atoms with E-state index in [1.54, 1.807) is 6.20 Å². The van der Waals surface area contributed by atoms with Gasteiger partial charge in [0.2, 0.25) is 0 Å². The van der Waals surface area contributed by atoms with E-state index in [2.05, 4.69) is 30.1 Å². The second-order valence-corrected chi connectivity index (χ2v) is 4.45. The molecule has 0 saturated heterocycles. The van der Waals surface area contributed by atoms with Crippen molar-refractivity contribution in [1.29, 1.82) is 0 Å². The highest BCUT2D eigenvalue weighted by Crippen LogP contribution is 2.28. The number of hydrogen-bond donors (Lipinski definition) is 1. The van der Waals surface area contributed by atoms with E-state index in [4.69, 9.17) is 0 Å². The van der Waals surface area contributed by atoms with Crippen LogP contribution in [-0.2, 0) is 6.42 Å². The second kappa shape index (κ2) is 3.34. The van der Waals surface area contributed by atoms with Gasteiger partial charge in [0.15, 0.2) is 0 Å². The number of nitrogens with one attached hydrogen (secondary N) is 1. The van der Waals surface area contributed by atoms with Crippen LogP contribution >= 0.6 is 0 Å². The van der Waals surface area contributed by atoms with Crippen molar-refractivity contribution in [3.8, 4) is 0 Å². The fraction of sp³-hybridized carbons (Fsp3) is 0.214. The molecule has 1 atom stereocenters. The smallest absolute Gasteiger partial charge is 0.255 e. The first-order valence-corrected chi connectivity index (χ1v) is 5.57. The molecule has 2 aromatic rings. The maximum Gasteiger partial charge on any atom is 0.255 e. The molecular formula is C14H13NO. The van der Waals surface area contributed by atoms with Crippen LogP contribution in [0.1, 0.15) is 18.1 Å². The normalized spacial score (nSPS) is 18.7. The van der Waals surface area contributed by atoms with E-state index in [0.717, 1.165) is 17.2 Å². The zero-order chi connectivity index (χ0) is 11.1. The Balaban J connectivity index is 2.40. The quantitative estimate of drug-likeness (QED) is 0.714. The molecular weight excluding hydrogens is 198 g/mol. The predicted molar refractivity (Wildman–Crippen MR) is 66.5 cm³/mol. The van der Waals surface area contributed by atoms with Gasteiger partial charge in [-0.15, -0.1) is 0 Å². The van der Waals surface area contributed by atoms with Crippen LogP contribution in [0.2, 0.25) is 0 Å². The minimum absolute atomic E-state index is 0.00711. The highest BCUT2D eigenvalue weighted by atomic mass is 16.1. The van der Waals surface area contributed by atoms with Gasteiger partial charge in [-0.05, 0) is 41.0 Å². The summed E-state index contributed by atoms with van der Waals surface area (Å²) < 4.78 is 0. The van der Waals surface area contributed by atoms with Gasteiger partial charge in [0.05, 0.1) is 0 Å². The summed E-state index contributed by atoms with van der Waals surface area (Å²) in [5, 5.41) is 1.84. The van der Waals surface area contributed by atoms with Crippen LogP contribution in [0.25, 0.3) is 16.8 Å².